The normalized spacial score (nSPS) is 10.8. The Balaban J connectivity index is 1.89. The molecule has 0 fully saturated rings. The Labute approximate surface area is 138 Å². The summed E-state index contributed by atoms with van der Waals surface area (Å²) in [6.45, 7) is -0.715. The minimum absolute atomic E-state index is 0.0700. The second-order valence-electron chi connectivity index (χ2n) is 4.75. The van der Waals surface area contributed by atoms with Gasteiger partial charge in [-0.05, 0) is 42.0 Å². The van der Waals surface area contributed by atoms with E-state index in [1.165, 1.54) is 42.5 Å². The Bertz CT molecular complexity index is 874. The summed E-state index contributed by atoms with van der Waals surface area (Å²) >= 11 is 0. The van der Waals surface area contributed by atoms with Crippen LogP contribution in [0.1, 0.15) is 11.1 Å². The van der Waals surface area contributed by atoms with Crippen molar-refractivity contribution in [3.63, 3.8) is 0 Å². The van der Waals surface area contributed by atoms with Crippen molar-refractivity contribution in [1.82, 2.24) is 4.72 Å². The topological polar surface area (TPSA) is 96.3 Å². The summed E-state index contributed by atoms with van der Waals surface area (Å²) in [5.74, 6) is -1.25. The van der Waals surface area contributed by atoms with E-state index in [-0.39, 0.29) is 11.5 Å². The van der Waals surface area contributed by atoms with Gasteiger partial charge in [0.25, 0.3) is 0 Å². The van der Waals surface area contributed by atoms with Crippen molar-refractivity contribution >= 4 is 16.0 Å². The van der Waals surface area contributed by atoms with E-state index in [1.54, 1.807) is 6.07 Å². The molecule has 0 aromatic heterocycles. The van der Waals surface area contributed by atoms with Crippen molar-refractivity contribution < 1.29 is 22.3 Å². The molecular formula is C16H13FN2O4S. The summed E-state index contributed by atoms with van der Waals surface area (Å²) in [6.07, 6.45) is 0. The third-order valence-electron chi connectivity index (χ3n) is 2.99. The minimum Gasteiger partial charge on any atom is -0.460 e. The van der Waals surface area contributed by atoms with E-state index < -0.39 is 28.4 Å². The molecule has 24 heavy (non-hydrogen) atoms. The first-order valence-electron chi connectivity index (χ1n) is 6.80. The van der Waals surface area contributed by atoms with Gasteiger partial charge in [-0.1, -0.05) is 12.1 Å². The first-order chi connectivity index (χ1) is 11.4. The lowest BCUT2D eigenvalue weighted by Crippen LogP contribution is -2.30. The van der Waals surface area contributed by atoms with Gasteiger partial charge in [-0.2, -0.15) is 9.98 Å². The van der Waals surface area contributed by atoms with E-state index in [9.17, 15) is 17.6 Å². The SMILES string of the molecule is N#Cc1ccc(S(=O)(=O)NCC(=O)OCc2cccc(F)c2)cc1. The molecule has 0 saturated carbocycles. The monoisotopic (exact) mass is 348 g/mol. The number of carbonyl (C=O) groups excluding carboxylic acids is 1. The molecule has 0 aliphatic heterocycles. The lowest BCUT2D eigenvalue weighted by Gasteiger charge is -2.08. The van der Waals surface area contributed by atoms with Gasteiger partial charge in [0, 0.05) is 0 Å². The Morgan fingerprint density at radius 1 is 1.21 bits per heavy atom. The lowest BCUT2D eigenvalue weighted by atomic mass is 10.2. The zero-order valence-electron chi connectivity index (χ0n) is 12.4. The molecule has 2 aromatic rings. The second kappa shape index (κ2) is 7.68. The molecular weight excluding hydrogens is 335 g/mol. The number of ether oxygens (including phenoxy) is 1. The highest BCUT2D eigenvalue weighted by molar-refractivity contribution is 7.89. The highest BCUT2D eigenvalue weighted by Crippen LogP contribution is 2.10. The van der Waals surface area contributed by atoms with Crippen LogP contribution in [-0.2, 0) is 26.2 Å². The summed E-state index contributed by atoms with van der Waals surface area (Å²) in [5.41, 5.74) is 0.779. The van der Waals surface area contributed by atoms with Crippen molar-refractivity contribution in [3.05, 3.63) is 65.5 Å². The summed E-state index contributed by atoms with van der Waals surface area (Å²) in [7, 11) is -3.89. The van der Waals surface area contributed by atoms with E-state index in [2.05, 4.69) is 4.72 Å². The van der Waals surface area contributed by atoms with Crippen molar-refractivity contribution in [2.45, 2.75) is 11.5 Å². The van der Waals surface area contributed by atoms with Crippen molar-refractivity contribution in [2.24, 2.45) is 0 Å². The molecule has 0 atom stereocenters. The average Bonchev–Trinajstić information content (AvgIpc) is 2.58. The second-order valence-corrected chi connectivity index (χ2v) is 6.52. The number of nitriles is 1. The van der Waals surface area contributed by atoms with Gasteiger partial charge < -0.3 is 4.74 Å². The summed E-state index contributed by atoms with van der Waals surface area (Å²) in [6, 6.07) is 12.7. The number of esters is 1. The highest BCUT2D eigenvalue weighted by Gasteiger charge is 2.16. The first kappa shape index (κ1) is 17.6. The van der Waals surface area contributed by atoms with Crippen LogP contribution >= 0.6 is 0 Å². The fraction of sp³-hybridized carbons (Fsp3) is 0.125. The molecule has 0 saturated heterocycles. The number of nitrogens with one attached hydrogen (secondary N) is 1. The predicted octanol–water partition coefficient (Wildman–Crippen LogP) is 1.72. The molecule has 0 radical (unpaired) electrons. The number of carbonyl (C=O) groups is 1. The van der Waals surface area contributed by atoms with E-state index in [1.807, 2.05) is 6.07 Å². The van der Waals surface area contributed by atoms with Crippen LogP contribution in [0.3, 0.4) is 0 Å². The van der Waals surface area contributed by atoms with Gasteiger partial charge in [0.15, 0.2) is 0 Å². The van der Waals surface area contributed by atoms with Crippen LogP contribution in [0.2, 0.25) is 0 Å². The number of nitrogens with zero attached hydrogens (tertiary/aromatic N) is 1. The molecule has 0 aliphatic rings. The van der Waals surface area contributed by atoms with Gasteiger partial charge in [-0.15, -0.1) is 0 Å². The van der Waals surface area contributed by atoms with Crippen LogP contribution in [0.5, 0.6) is 0 Å². The standard InChI is InChI=1S/C16H13FN2O4S/c17-14-3-1-2-13(8-14)11-23-16(20)10-19-24(21,22)15-6-4-12(9-18)5-7-15/h1-8,19H,10-11H2. The Morgan fingerprint density at radius 2 is 1.92 bits per heavy atom. The number of rotatable bonds is 6. The Kier molecular flexibility index (Phi) is 5.63. The van der Waals surface area contributed by atoms with Gasteiger partial charge >= 0.3 is 5.97 Å². The van der Waals surface area contributed by atoms with Gasteiger partial charge in [0.1, 0.15) is 19.0 Å². The zero-order chi connectivity index (χ0) is 17.6. The van der Waals surface area contributed by atoms with E-state index in [0.717, 1.165) is 0 Å². The molecule has 0 unspecified atom stereocenters. The van der Waals surface area contributed by atoms with Crippen LogP contribution in [0.15, 0.2) is 53.4 Å². The molecule has 0 aliphatic carbocycles. The molecule has 0 amide bonds. The number of benzene rings is 2. The summed E-state index contributed by atoms with van der Waals surface area (Å²) < 4.78 is 44.0. The summed E-state index contributed by atoms with van der Waals surface area (Å²) in [5, 5.41) is 8.68. The third-order valence-corrected chi connectivity index (χ3v) is 4.41. The van der Waals surface area contributed by atoms with Crippen molar-refractivity contribution in [3.8, 4) is 6.07 Å². The van der Waals surface area contributed by atoms with Crippen molar-refractivity contribution in [2.75, 3.05) is 6.54 Å². The molecule has 0 spiro atoms. The number of halogens is 1. The molecule has 1 N–H and O–H groups in total. The maximum Gasteiger partial charge on any atom is 0.321 e. The lowest BCUT2D eigenvalue weighted by molar-refractivity contribution is -0.143. The minimum atomic E-state index is -3.89. The predicted molar refractivity (Wildman–Crippen MR) is 82.5 cm³/mol. The number of hydrogen-bond acceptors (Lipinski definition) is 5. The molecule has 124 valence electrons. The zero-order valence-corrected chi connectivity index (χ0v) is 13.2. The Morgan fingerprint density at radius 3 is 2.54 bits per heavy atom. The van der Waals surface area contributed by atoms with Crippen LogP contribution in [0.4, 0.5) is 4.39 Å². The fourth-order valence-corrected chi connectivity index (χ4v) is 2.76. The quantitative estimate of drug-likeness (QED) is 0.802. The molecule has 6 nitrogen and oxygen atoms in total. The molecule has 8 heteroatoms. The number of sulfonamides is 1. The maximum absolute atomic E-state index is 13.0. The van der Waals surface area contributed by atoms with Crippen LogP contribution in [-0.4, -0.2) is 20.9 Å². The largest absolute Gasteiger partial charge is 0.460 e. The average molecular weight is 348 g/mol. The van der Waals surface area contributed by atoms with Crippen LogP contribution in [0.25, 0.3) is 0 Å². The first-order valence-corrected chi connectivity index (χ1v) is 8.29. The van der Waals surface area contributed by atoms with Gasteiger partial charge in [0.05, 0.1) is 16.5 Å². The summed E-state index contributed by atoms with van der Waals surface area (Å²) in [4.78, 5) is 11.5. The molecule has 0 bridgehead atoms. The smallest absolute Gasteiger partial charge is 0.321 e. The van der Waals surface area contributed by atoms with Gasteiger partial charge in [0.2, 0.25) is 10.0 Å². The fourth-order valence-electron chi connectivity index (χ4n) is 1.79. The number of hydrogen-bond donors (Lipinski definition) is 1. The van der Waals surface area contributed by atoms with Crippen molar-refractivity contribution in [1.29, 1.82) is 5.26 Å². The van der Waals surface area contributed by atoms with E-state index in [4.69, 9.17) is 10.00 Å². The molecule has 2 aromatic carbocycles. The molecule has 0 heterocycles. The maximum atomic E-state index is 13.0. The van der Waals surface area contributed by atoms with Crippen LogP contribution in [0, 0.1) is 17.1 Å². The van der Waals surface area contributed by atoms with Gasteiger partial charge in [-0.25, -0.2) is 12.8 Å². The van der Waals surface area contributed by atoms with E-state index >= 15 is 0 Å². The highest BCUT2D eigenvalue weighted by atomic mass is 32.2. The molecule has 2 rings (SSSR count). The van der Waals surface area contributed by atoms with Gasteiger partial charge in [-0.3, -0.25) is 4.79 Å². The Hall–Kier alpha value is -2.76. The third kappa shape index (κ3) is 4.87. The van der Waals surface area contributed by atoms with E-state index in [0.29, 0.717) is 11.1 Å². The van der Waals surface area contributed by atoms with Crippen LogP contribution < -0.4 is 4.72 Å².